The summed E-state index contributed by atoms with van der Waals surface area (Å²) in [5.74, 6) is -0.959. The van der Waals surface area contributed by atoms with Crippen LogP contribution in [0.5, 0.6) is 0 Å². The van der Waals surface area contributed by atoms with Crippen LogP contribution in [0.4, 0.5) is 0 Å². The topological polar surface area (TPSA) is 58.6 Å². The van der Waals surface area contributed by atoms with E-state index in [4.69, 9.17) is 33.0 Å². The van der Waals surface area contributed by atoms with Crippen LogP contribution < -0.4 is 5.32 Å². The summed E-state index contributed by atoms with van der Waals surface area (Å²) in [5, 5.41) is 13.1. The van der Waals surface area contributed by atoms with Crippen molar-refractivity contribution in [3.05, 3.63) is 33.8 Å². The van der Waals surface area contributed by atoms with Crippen molar-refractivity contribution in [1.82, 2.24) is 5.32 Å². The van der Waals surface area contributed by atoms with Crippen molar-refractivity contribution in [2.24, 2.45) is 5.92 Å². The Morgan fingerprint density at radius 3 is 2.80 bits per heavy atom. The predicted octanol–water partition coefficient (Wildman–Crippen LogP) is 3.17. The van der Waals surface area contributed by atoms with E-state index in [1.165, 1.54) is 0 Å². The Morgan fingerprint density at radius 1 is 1.40 bits per heavy atom. The van der Waals surface area contributed by atoms with Gasteiger partial charge < -0.3 is 15.2 Å². The molecule has 1 heterocycles. The first-order valence-electron chi connectivity index (χ1n) is 6.07. The lowest BCUT2D eigenvalue weighted by Crippen LogP contribution is -2.26. The second-order valence-corrected chi connectivity index (χ2v) is 5.34. The van der Waals surface area contributed by atoms with Gasteiger partial charge in [0.1, 0.15) is 0 Å². The van der Waals surface area contributed by atoms with E-state index in [2.05, 4.69) is 5.32 Å². The highest BCUT2D eigenvalue weighted by Crippen LogP contribution is 2.33. The van der Waals surface area contributed by atoms with Gasteiger partial charge in [0, 0.05) is 19.0 Å². The molecule has 1 aromatic rings. The van der Waals surface area contributed by atoms with Crippen molar-refractivity contribution >= 4 is 41.6 Å². The molecule has 2 rings (SSSR count). The summed E-state index contributed by atoms with van der Waals surface area (Å²) in [6, 6.07) is 5.28. The van der Waals surface area contributed by atoms with Gasteiger partial charge in [-0.15, -0.1) is 12.4 Å². The average molecular weight is 341 g/mol. The molecule has 0 saturated carbocycles. The van der Waals surface area contributed by atoms with Crippen LogP contribution in [0.1, 0.15) is 18.1 Å². The van der Waals surface area contributed by atoms with Crippen molar-refractivity contribution in [2.45, 2.75) is 12.5 Å². The summed E-state index contributed by atoms with van der Waals surface area (Å²) in [6.45, 7) is 1.87. The molecule has 20 heavy (non-hydrogen) atoms. The van der Waals surface area contributed by atoms with E-state index in [0.29, 0.717) is 29.7 Å². The van der Waals surface area contributed by atoms with Gasteiger partial charge in [-0.05, 0) is 17.7 Å². The zero-order valence-electron chi connectivity index (χ0n) is 10.6. The molecule has 1 aromatic carbocycles. The molecule has 2 atom stereocenters. The maximum Gasteiger partial charge on any atom is 0.303 e. The number of hydrogen-bond acceptors (Lipinski definition) is 3. The minimum atomic E-state index is -0.831. The lowest BCUT2D eigenvalue weighted by molar-refractivity contribution is -0.139. The Balaban J connectivity index is 0.00000200. The van der Waals surface area contributed by atoms with E-state index in [9.17, 15) is 4.79 Å². The van der Waals surface area contributed by atoms with Crippen molar-refractivity contribution in [1.29, 1.82) is 0 Å². The Labute approximate surface area is 133 Å². The van der Waals surface area contributed by atoms with E-state index in [1.54, 1.807) is 12.1 Å². The molecular formula is C13H16Cl3NO3. The van der Waals surface area contributed by atoms with Crippen LogP contribution in [-0.4, -0.2) is 30.8 Å². The third kappa shape index (κ3) is 4.50. The molecule has 0 amide bonds. The van der Waals surface area contributed by atoms with E-state index in [0.717, 1.165) is 5.56 Å². The fourth-order valence-corrected chi connectivity index (χ4v) is 2.56. The number of ether oxygens (including phenoxy) is 1. The van der Waals surface area contributed by atoms with Gasteiger partial charge in [0.25, 0.3) is 0 Å². The fraction of sp³-hybridized carbons (Fsp3) is 0.462. The summed E-state index contributed by atoms with van der Waals surface area (Å²) in [7, 11) is 0. The molecule has 0 unspecified atom stereocenters. The maximum atomic E-state index is 10.9. The molecule has 0 bridgehead atoms. The smallest absolute Gasteiger partial charge is 0.303 e. The van der Waals surface area contributed by atoms with Gasteiger partial charge in [0.2, 0.25) is 0 Å². The van der Waals surface area contributed by atoms with Crippen molar-refractivity contribution < 1.29 is 14.6 Å². The molecule has 2 N–H and O–H groups in total. The first-order valence-corrected chi connectivity index (χ1v) is 6.82. The standard InChI is InChI=1S/C13H15Cl2NO3.ClH/c14-10-2-1-8(5-11(10)15)13-9(6-12(17)18)7-16-3-4-19-13;/h1-2,5,9,13,16H,3-4,6-7H2,(H,17,18);1H/t9-,13+;/m1./s1. The SMILES string of the molecule is Cl.O=C(O)C[C@@H]1CNCCO[C@H]1c1ccc(Cl)c(Cl)c1. The number of carboxylic acid groups (broad SMARTS) is 1. The number of aliphatic carboxylic acids is 1. The Kier molecular flexibility index (Phi) is 7.06. The van der Waals surface area contributed by atoms with Crippen LogP contribution in [0.3, 0.4) is 0 Å². The second-order valence-electron chi connectivity index (χ2n) is 4.53. The molecular weight excluding hydrogens is 325 g/mol. The summed E-state index contributed by atoms with van der Waals surface area (Å²) in [5.41, 5.74) is 0.865. The van der Waals surface area contributed by atoms with Crippen LogP contribution in [0.25, 0.3) is 0 Å². The molecule has 7 heteroatoms. The van der Waals surface area contributed by atoms with Crippen LogP contribution in [-0.2, 0) is 9.53 Å². The van der Waals surface area contributed by atoms with Gasteiger partial charge in [-0.3, -0.25) is 4.79 Å². The van der Waals surface area contributed by atoms with Crippen LogP contribution in [0.15, 0.2) is 18.2 Å². The number of hydrogen-bond donors (Lipinski definition) is 2. The lowest BCUT2D eigenvalue weighted by Gasteiger charge is -2.24. The van der Waals surface area contributed by atoms with E-state index >= 15 is 0 Å². The molecule has 0 spiro atoms. The minimum Gasteiger partial charge on any atom is -0.481 e. The summed E-state index contributed by atoms with van der Waals surface area (Å²) in [6.07, 6.45) is -0.223. The average Bonchev–Trinajstić information content (AvgIpc) is 2.57. The molecule has 0 radical (unpaired) electrons. The number of carboxylic acids is 1. The number of halogens is 3. The third-order valence-electron chi connectivity index (χ3n) is 3.12. The number of nitrogens with one attached hydrogen (secondary N) is 1. The van der Waals surface area contributed by atoms with Crippen LogP contribution in [0, 0.1) is 5.92 Å². The van der Waals surface area contributed by atoms with E-state index < -0.39 is 5.97 Å². The molecule has 1 fully saturated rings. The molecule has 1 aliphatic heterocycles. The first kappa shape index (κ1) is 17.5. The van der Waals surface area contributed by atoms with Gasteiger partial charge in [-0.2, -0.15) is 0 Å². The van der Waals surface area contributed by atoms with Gasteiger partial charge >= 0.3 is 5.97 Å². The lowest BCUT2D eigenvalue weighted by atomic mass is 9.92. The largest absolute Gasteiger partial charge is 0.481 e. The van der Waals surface area contributed by atoms with Crippen molar-refractivity contribution in [3.8, 4) is 0 Å². The van der Waals surface area contributed by atoms with Crippen LogP contribution in [0.2, 0.25) is 10.0 Å². The number of rotatable bonds is 3. The molecule has 1 saturated heterocycles. The van der Waals surface area contributed by atoms with Gasteiger partial charge in [-0.25, -0.2) is 0 Å². The molecule has 0 aliphatic carbocycles. The van der Waals surface area contributed by atoms with Gasteiger partial charge in [-0.1, -0.05) is 29.3 Å². The third-order valence-corrected chi connectivity index (χ3v) is 3.86. The normalized spacial score (nSPS) is 22.7. The highest BCUT2D eigenvalue weighted by molar-refractivity contribution is 6.42. The van der Waals surface area contributed by atoms with Crippen LogP contribution >= 0.6 is 35.6 Å². The van der Waals surface area contributed by atoms with Crippen molar-refractivity contribution in [3.63, 3.8) is 0 Å². The van der Waals surface area contributed by atoms with Gasteiger partial charge in [0.15, 0.2) is 0 Å². The highest BCUT2D eigenvalue weighted by Gasteiger charge is 2.28. The fourth-order valence-electron chi connectivity index (χ4n) is 2.25. The Morgan fingerprint density at radius 2 is 2.15 bits per heavy atom. The van der Waals surface area contributed by atoms with E-state index in [-0.39, 0.29) is 30.8 Å². The number of benzene rings is 1. The summed E-state index contributed by atoms with van der Waals surface area (Å²) in [4.78, 5) is 10.9. The number of carbonyl (C=O) groups is 1. The van der Waals surface area contributed by atoms with E-state index in [1.807, 2.05) is 6.07 Å². The highest BCUT2D eigenvalue weighted by atomic mass is 35.5. The molecule has 112 valence electrons. The molecule has 1 aliphatic rings. The Bertz CT molecular complexity index is 470. The summed E-state index contributed by atoms with van der Waals surface area (Å²) < 4.78 is 5.77. The Hall–Kier alpha value is -0.520. The quantitative estimate of drug-likeness (QED) is 0.887. The zero-order chi connectivity index (χ0) is 13.8. The first-order chi connectivity index (χ1) is 9.08. The minimum absolute atomic E-state index is 0. The predicted molar refractivity (Wildman–Crippen MR) is 81.0 cm³/mol. The van der Waals surface area contributed by atoms with Gasteiger partial charge in [0.05, 0.1) is 29.2 Å². The van der Waals surface area contributed by atoms with Crippen molar-refractivity contribution in [2.75, 3.05) is 19.7 Å². The maximum absolute atomic E-state index is 10.9. The zero-order valence-corrected chi connectivity index (χ0v) is 13.0. The molecule has 4 nitrogen and oxygen atoms in total. The molecule has 0 aromatic heterocycles. The monoisotopic (exact) mass is 339 g/mol. The summed E-state index contributed by atoms with van der Waals surface area (Å²) >= 11 is 11.9. The second kappa shape index (κ2) is 8.05.